The first-order valence-corrected chi connectivity index (χ1v) is 7.32. The first-order valence-electron chi connectivity index (χ1n) is 6.51. The lowest BCUT2D eigenvalue weighted by Gasteiger charge is -2.19. The first kappa shape index (κ1) is 14.8. The van der Waals surface area contributed by atoms with Crippen molar-refractivity contribution in [2.45, 2.75) is 33.7 Å². The minimum Gasteiger partial charge on any atom is -0.477 e. The standard InChI is InChI=1S/C13H19N3O3S/c1-8-10(11(17)18)20-9(15-8)6-14-12(19)16-5-4-13(2,3)7-16/h4-7H2,1-3H3,(H,14,19)(H,17,18). The summed E-state index contributed by atoms with van der Waals surface area (Å²) in [6.07, 6.45) is 1.000. The number of amides is 2. The Morgan fingerprint density at radius 2 is 2.20 bits per heavy atom. The normalized spacial score (nSPS) is 17.2. The van der Waals surface area contributed by atoms with Crippen molar-refractivity contribution in [2.24, 2.45) is 5.41 Å². The third kappa shape index (κ3) is 3.27. The van der Waals surface area contributed by atoms with Gasteiger partial charge in [-0.15, -0.1) is 11.3 Å². The van der Waals surface area contributed by atoms with Crippen LogP contribution in [0.1, 0.15) is 40.6 Å². The van der Waals surface area contributed by atoms with E-state index in [1.165, 1.54) is 0 Å². The summed E-state index contributed by atoms with van der Waals surface area (Å²) in [6.45, 7) is 7.72. The van der Waals surface area contributed by atoms with Gasteiger partial charge in [-0.3, -0.25) is 0 Å². The number of hydrogen-bond donors (Lipinski definition) is 2. The van der Waals surface area contributed by atoms with E-state index in [0.717, 1.165) is 30.8 Å². The minimum atomic E-state index is -0.973. The third-order valence-corrected chi connectivity index (χ3v) is 4.54. The molecule has 6 nitrogen and oxygen atoms in total. The number of carbonyl (C=O) groups is 2. The van der Waals surface area contributed by atoms with Gasteiger partial charge in [0.1, 0.15) is 9.88 Å². The van der Waals surface area contributed by atoms with Crippen molar-refractivity contribution < 1.29 is 14.7 Å². The van der Waals surface area contributed by atoms with Gasteiger partial charge in [-0.2, -0.15) is 0 Å². The van der Waals surface area contributed by atoms with Crippen LogP contribution in [0.4, 0.5) is 4.79 Å². The summed E-state index contributed by atoms with van der Waals surface area (Å²) >= 11 is 1.11. The lowest BCUT2D eigenvalue weighted by molar-refractivity contribution is 0.0701. The first-order chi connectivity index (χ1) is 9.28. The van der Waals surface area contributed by atoms with E-state index in [1.807, 2.05) is 0 Å². The molecule has 0 unspecified atom stereocenters. The molecule has 20 heavy (non-hydrogen) atoms. The van der Waals surface area contributed by atoms with E-state index in [1.54, 1.807) is 11.8 Å². The summed E-state index contributed by atoms with van der Waals surface area (Å²) in [4.78, 5) is 29.1. The fourth-order valence-electron chi connectivity index (χ4n) is 2.28. The van der Waals surface area contributed by atoms with E-state index in [-0.39, 0.29) is 22.9 Å². The van der Waals surface area contributed by atoms with Gasteiger partial charge in [0.15, 0.2) is 0 Å². The van der Waals surface area contributed by atoms with Gasteiger partial charge >= 0.3 is 12.0 Å². The minimum absolute atomic E-state index is 0.111. The summed E-state index contributed by atoms with van der Waals surface area (Å²) in [5, 5.41) is 12.4. The monoisotopic (exact) mass is 297 g/mol. The number of rotatable bonds is 3. The molecule has 2 amide bonds. The Kier molecular flexibility index (Phi) is 3.99. The van der Waals surface area contributed by atoms with Crippen molar-refractivity contribution in [3.05, 3.63) is 15.6 Å². The number of aromatic nitrogens is 1. The summed E-state index contributed by atoms with van der Waals surface area (Å²) in [7, 11) is 0. The average molecular weight is 297 g/mol. The molecule has 0 aliphatic carbocycles. The smallest absolute Gasteiger partial charge is 0.347 e. The highest BCUT2D eigenvalue weighted by Gasteiger charge is 2.31. The van der Waals surface area contributed by atoms with Crippen molar-refractivity contribution in [1.29, 1.82) is 0 Å². The second kappa shape index (κ2) is 5.40. The number of nitrogens with zero attached hydrogens (tertiary/aromatic N) is 2. The Morgan fingerprint density at radius 3 is 2.70 bits per heavy atom. The SMILES string of the molecule is Cc1nc(CNC(=O)N2CCC(C)(C)C2)sc1C(=O)O. The van der Waals surface area contributed by atoms with Crippen molar-refractivity contribution in [2.75, 3.05) is 13.1 Å². The number of nitrogens with one attached hydrogen (secondary N) is 1. The van der Waals surface area contributed by atoms with Crippen LogP contribution in [-0.2, 0) is 6.54 Å². The highest BCUT2D eigenvalue weighted by molar-refractivity contribution is 7.13. The Bertz CT molecular complexity index is 539. The van der Waals surface area contributed by atoms with Crippen LogP contribution in [0, 0.1) is 12.3 Å². The number of hydrogen-bond acceptors (Lipinski definition) is 4. The summed E-state index contributed by atoms with van der Waals surface area (Å²) in [5.74, 6) is -0.973. The van der Waals surface area contributed by atoms with Gasteiger partial charge in [0.2, 0.25) is 0 Å². The van der Waals surface area contributed by atoms with E-state index in [0.29, 0.717) is 10.7 Å². The maximum Gasteiger partial charge on any atom is 0.347 e. The van der Waals surface area contributed by atoms with E-state index in [2.05, 4.69) is 24.1 Å². The van der Waals surface area contributed by atoms with Crippen LogP contribution in [0.2, 0.25) is 0 Å². The maximum atomic E-state index is 12.0. The Morgan fingerprint density at radius 1 is 1.50 bits per heavy atom. The zero-order valence-corrected chi connectivity index (χ0v) is 12.7. The van der Waals surface area contributed by atoms with Crippen molar-refractivity contribution >= 4 is 23.3 Å². The van der Waals surface area contributed by atoms with Crippen LogP contribution >= 0.6 is 11.3 Å². The van der Waals surface area contributed by atoms with Gasteiger partial charge < -0.3 is 15.3 Å². The van der Waals surface area contributed by atoms with Gasteiger partial charge in [-0.25, -0.2) is 14.6 Å². The molecule has 1 aromatic heterocycles. The molecule has 0 atom stereocenters. The van der Waals surface area contributed by atoms with Gasteiger partial charge in [0.25, 0.3) is 0 Å². The lowest BCUT2D eigenvalue weighted by Crippen LogP contribution is -2.38. The second-order valence-electron chi connectivity index (χ2n) is 5.82. The molecular weight excluding hydrogens is 278 g/mol. The molecule has 1 aliphatic rings. The van der Waals surface area contributed by atoms with Gasteiger partial charge in [0.05, 0.1) is 12.2 Å². The summed E-state index contributed by atoms with van der Waals surface area (Å²) < 4.78 is 0. The summed E-state index contributed by atoms with van der Waals surface area (Å²) in [6, 6.07) is -0.111. The van der Waals surface area contributed by atoms with Crippen LogP contribution in [0.15, 0.2) is 0 Å². The van der Waals surface area contributed by atoms with Crippen molar-refractivity contribution in [3.8, 4) is 0 Å². The lowest BCUT2D eigenvalue weighted by atomic mass is 9.93. The third-order valence-electron chi connectivity index (χ3n) is 3.39. The molecule has 2 rings (SSSR count). The van der Waals surface area contributed by atoms with Crippen LogP contribution in [0.25, 0.3) is 0 Å². The largest absolute Gasteiger partial charge is 0.477 e. The molecule has 1 aromatic rings. The molecule has 0 radical (unpaired) electrons. The van der Waals surface area contributed by atoms with Crippen molar-refractivity contribution in [3.63, 3.8) is 0 Å². The molecule has 0 bridgehead atoms. The molecule has 7 heteroatoms. The van der Waals surface area contributed by atoms with Crippen LogP contribution < -0.4 is 5.32 Å². The van der Waals surface area contributed by atoms with Gasteiger partial charge in [0, 0.05) is 13.1 Å². The Hall–Kier alpha value is -1.63. The molecular formula is C13H19N3O3S. The van der Waals surface area contributed by atoms with Crippen LogP contribution in [0.5, 0.6) is 0 Å². The number of likely N-dealkylation sites (tertiary alicyclic amines) is 1. The highest BCUT2D eigenvalue weighted by atomic mass is 32.1. The fraction of sp³-hybridized carbons (Fsp3) is 0.615. The number of aromatic carboxylic acids is 1. The number of aryl methyl sites for hydroxylation is 1. The highest BCUT2D eigenvalue weighted by Crippen LogP contribution is 2.28. The molecule has 1 aliphatic heterocycles. The fourth-order valence-corrected chi connectivity index (χ4v) is 3.12. The van der Waals surface area contributed by atoms with Gasteiger partial charge in [-0.1, -0.05) is 13.8 Å². The zero-order chi connectivity index (χ0) is 14.9. The predicted octanol–water partition coefficient (Wildman–Crippen LogP) is 2.09. The Labute approximate surface area is 121 Å². The van der Waals surface area contributed by atoms with Crippen LogP contribution in [-0.4, -0.2) is 40.1 Å². The van der Waals surface area contributed by atoms with E-state index in [9.17, 15) is 9.59 Å². The van der Waals surface area contributed by atoms with Gasteiger partial charge in [-0.05, 0) is 18.8 Å². The number of carboxylic acid groups (broad SMARTS) is 1. The molecule has 1 saturated heterocycles. The molecule has 1 fully saturated rings. The predicted molar refractivity (Wildman–Crippen MR) is 76.0 cm³/mol. The molecule has 2 N–H and O–H groups in total. The second-order valence-corrected chi connectivity index (χ2v) is 6.91. The molecule has 0 aromatic carbocycles. The van der Waals surface area contributed by atoms with Crippen molar-refractivity contribution in [1.82, 2.24) is 15.2 Å². The molecule has 0 spiro atoms. The quantitative estimate of drug-likeness (QED) is 0.895. The summed E-state index contributed by atoms with van der Waals surface area (Å²) in [5.41, 5.74) is 0.667. The van der Waals surface area contributed by atoms with Crippen LogP contribution in [0.3, 0.4) is 0 Å². The molecule has 2 heterocycles. The van der Waals surface area contributed by atoms with E-state index < -0.39 is 5.97 Å². The topological polar surface area (TPSA) is 82.5 Å². The number of urea groups is 1. The van der Waals surface area contributed by atoms with E-state index >= 15 is 0 Å². The zero-order valence-electron chi connectivity index (χ0n) is 11.9. The number of thiazole rings is 1. The molecule has 110 valence electrons. The number of carboxylic acids is 1. The maximum absolute atomic E-state index is 12.0. The number of carbonyl (C=O) groups excluding carboxylic acids is 1. The molecule has 0 saturated carbocycles. The van der Waals surface area contributed by atoms with E-state index in [4.69, 9.17) is 5.11 Å². The Balaban J connectivity index is 1.91. The average Bonchev–Trinajstić information content (AvgIpc) is 2.89.